The average Bonchev–Trinajstić information content (AvgIpc) is 2.74. The van der Waals surface area contributed by atoms with E-state index in [1.54, 1.807) is 17.0 Å². The first-order chi connectivity index (χ1) is 8.24. The maximum atomic E-state index is 11.0. The van der Waals surface area contributed by atoms with Crippen LogP contribution in [0, 0.1) is 6.92 Å². The first-order valence-corrected chi connectivity index (χ1v) is 5.45. The monoisotopic (exact) mass is 226 g/mol. The Morgan fingerprint density at radius 3 is 2.65 bits per heavy atom. The Kier molecular flexibility index (Phi) is 3.19. The molecule has 0 saturated carbocycles. The van der Waals surface area contributed by atoms with Gasteiger partial charge in [-0.3, -0.25) is 9.48 Å². The molecule has 0 aliphatic rings. The first-order valence-electron chi connectivity index (χ1n) is 5.45. The molecule has 3 heteroatoms. The smallest absolute Gasteiger partial charge is 0.153 e. The van der Waals surface area contributed by atoms with Gasteiger partial charge in [0.15, 0.2) is 6.29 Å². The number of benzene rings is 1. The lowest BCUT2D eigenvalue weighted by molar-refractivity contribution is 0.112. The van der Waals surface area contributed by atoms with Gasteiger partial charge in [0.05, 0.1) is 12.1 Å². The van der Waals surface area contributed by atoms with Crippen LogP contribution >= 0.6 is 0 Å². The molecule has 0 saturated heterocycles. The van der Waals surface area contributed by atoms with Crippen LogP contribution in [0.2, 0.25) is 0 Å². The first kappa shape index (κ1) is 11.3. The lowest BCUT2D eigenvalue weighted by Gasteiger charge is -1.99. The SMILES string of the molecule is C=CCn1cc(C=O)c(-c2ccc(C)cc2)n1. The molecular formula is C14H14N2O. The maximum Gasteiger partial charge on any atom is 0.153 e. The molecule has 1 aromatic carbocycles. The highest BCUT2D eigenvalue weighted by atomic mass is 16.1. The summed E-state index contributed by atoms with van der Waals surface area (Å²) in [4.78, 5) is 11.0. The van der Waals surface area contributed by atoms with Gasteiger partial charge >= 0.3 is 0 Å². The van der Waals surface area contributed by atoms with Crippen molar-refractivity contribution in [3.63, 3.8) is 0 Å². The van der Waals surface area contributed by atoms with Gasteiger partial charge in [-0.15, -0.1) is 6.58 Å². The van der Waals surface area contributed by atoms with Crippen LogP contribution in [-0.2, 0) is 6.54 Å². The molecule has 2 aromatic rings. The quantitative estimate of drug-likeness (QED) is 0.593. The average molecular weight is 226 g/mol. The zero-order valence-electron chi connectivity index (χ0n) is 9.76. The van der Waals surface area contributed by atoms with Crippen LogP contribution in [0.1, 0.15) is 15.9 Å². The van der Waals surface area contributed by atoms with E-state index < -0.39 is 0 Å². The fourth-order valence-electron chi connectivity index (χ4n) is 1.68. The largest absolute Gasteiger partial charge is 0.298 e. The summed E-state index contributed by atoms with van der Waals surface area (Å²) < 4.78 is 1.71. The van der Waals surface area contributed by atoms with Crippen molar-refractivity contribution in [3.05, 3.63) is 54.2 Å². The van der Waals surface area contributed by atoms with E-state index in [4.69, 9.17) is 0 Å². The minimum atomic E-state index is 0.604. The van der Waals surface area contributed by atoms with Gasteiger partial charge < -0.3 is 0 Å². The topological polar surface area (TPSA) is 34.9 Å². The number of hydrogen-bond donors (Lipinski definition) is 0. The summed E-state index contributed by atoms with van der Waals surface area (Å²) in [6.45, 7) is 6.29. The van der Waals surface area contributed by atoms with E-state index in [0.29, 0.717) is 12.1 Å². The molecule has 1 aromatic heterocycles. The highest BCUT2D eigenvalue weighted by Crippen LogP contribution is 2.21. The van der Waals surface area contributed by atoms with Crippen molar-refractivity contribution in [1.82, 2.24) is 9.78 Å². The third kappa shape index (κ3) is 2.33. The number of allylic oxidation sites excluding steroid dienone is 1. The van der Waals surface area contributed by atoms with E-state index in [1.165, 1.54) is 5.56 Å². The summed E-state index contributed by atoms with van der Waals surface area (Å²) in [6.07, 6.45) is 4.33. The zero-order valence-corrected chi connectivity index (χ0v) is 9.76. The molecule has 0 radical (unpaired) electrons. The number of rotatable bonds is 4. The van der Waals surface area contributed by atoms with E-state index in [2.05, 4.69) is 11.7 Å². The Hall–Kier alpha value is -2.16. The highest BCUT2D eigenvalue weighted by molar-refractivity contribution is 5.85. The highest BCUT2D eigenvalue weighted by Gasteiger charge is 2.09. The maximum absolute atomic E-state index is 11.0. The van der Waals surface area contributed by atoms with Gasteiger partial charge in [0, 0.05) is 11.8 Å². The molecule has 0 N–H and O–H groups in total. The molecule has 0 atom stereocenters. The number of aromatic nitrogens is 2. The molecule has 17 heavy (non-hydrogen) atoms. The summed E-state index contributed by atoms with van der Waals surface area (Å²) in [5.41, 5.74) is 3.48. The summed E-state index contributed by atoms with van der Waals surface area (Å²) in [5, 5.41) is 4.38. The predicted molar refractivity (Wildman–Crippen MR) is 68.0 cm³/mol. The third-order valence-electron chi connectivity index (χ3n) is 2.56. The molecule has 2 rings (SSSR count). The molecule has 0 fully saturated rings. The van der Waals surface area contributed by atoms with Gasteiger partial charge in [-0.25, -0.2) is 0 Å². The van der Waals surface area contributed by atoms with Crippen LogP contribution in [0.25, 0.3) is 11.3 Å². The van der Waals surface area contributed by atoms with Crippen molar-refractivity contribution >= 4 is 6.29 Å². The normalized spacial score (nSPS) is 10.2. The van der Waals surface area contributed by atoms with Crippen LogP contribution in [0.3, 0.4) is 0 Å². The number of carbonyl (C=O) groups excluding carboxylic acids is 1. The second-order valence-corrected chi connectivity index (χ2v) is 3.93. The Bertz CT molecular complexity index is 538. The summed E-state index contributed by atoms with van der Waals surface area (Å²) in [5.74, 6) is 0. The van der Waals surface area contributed by atoms with Crippen LogP contribution < -0.4 is 0 Å². The summed E-state index contributed by atoms with van der Waals surface area (Å²) in [6, 6.07) is 7.97. The Balaban J connectivity index is 2.46. The third-order valence-corrected chi connectivity index (χ3v) is 2.56. The molecular weight excluding hydrogens is 212 g/mol. The molecule has 0 spiro atoms. The molecule has 0 aliphatic carbocycles. The van der Waals surface area contributed by atoms with Crippen molar-refractivity contribution in [2.24, 2.45) is 0 Å². The Labute approximate surface area is 100 Å². The lowest BCUT2D eigenvalue weighted by atomic mass is 10.1. The number of carbonyl (C=O) groups is 1. The van der Waals surface area contributed by atoms with E-state index >= 15 is 0 Å². The van der Waals surface area contributed by atoms with Crippen LogP contribution in [-0.4, -0.2) is 16.1 Å². The molecule has 0 bridgehead atoms. The summed E-state index contributed by atoms with van der Waals surface area (Å²) in [7, 11) is 0. The number of nitrogens with zero attached hydrogens (tertiary/aromatic N) is 2. The van der Waals surface area contributed by atoms with Crippen molar-refractivity contribution in [1.29, 1.82) is 0 Å². The lowest BCUT2D eigenvalue weighted by Crippen LogP contribution is -1.94. The van der Waals surface area contributed by atoms with Gasteiger partial charge in [-0.05, 0) is 6.92 Å². The minimum absolute atomic E-state index is 0.604. The van der Waals surface area contributed by atoms with Crippen molar-refractivity contribution in [2.75, 3.05) is 0 Å². The van der Waals surface area contributed by atoms with Crippen LogP contribution in [0.15, 0.2) is 43.1 Å². The molecule has 0 aliphatic heterocycles. The van der Waals surface area contributed by atoms with Gasteiger partial charge in [0.1, 0.15) is 5.69 Å². The molecule has 1 heterocycles. The molecule has 0 amide bonds. The fraction of sp³-hybridized carbons (Fsp3) is 0.143. The van der Waals surface area contributed by atoms with Crippen molar-refractivity contribution < 1.29 is 4.79 Å². The van der Waals surface area contributed by atoms with Crippen molar-refractivity contribution in [3.8, 4) is 11.3 Å². The van der Waals surface area contributed by atoms with Crippen LogP contribution in [0.4, 0.5) is 0 Å². The molecule has 3 nitrogen and oxygen atoms in total. The van der Waals surface area contributed by atoms with Crippen LogP contribution in [0.5, 0.6) is 0 Å². The number of hydrogen-bond acceptors (Lipinski definition) is 2. The van der Waals surface area contributed by atoms with E-state index in [-0.39, 0.29) is 0 Å². The predicted octanol–water partition coefficient (Wildman–Crippen LogP) is 2.86. The zero-order chi connectivity index (χ0) is 12.3. The van der Waals surface area contributed by atoms with Gasteiger partial charge in [-0.2, -0.15) is 5.10 Å². The molecule has 86 valence electrons. The number of aldehydes is 1. The van der Waals surface area contributed by atoms with E-state index in [0.717, 1.165) is 17.5 Å². The van der Waals surface area contributed by atoms with E-state index in [1.807, 2.05) is 31.2 Å². The minimum Gasteiger partial charge on any atom is -0.298 e. The standard InChI is InChI=1S/C14H14N2O/c1-3-8-16-9-13(10-17)14(15-16)12-6-4-11(2)5-7-12/h3-7,9-10H,1,8H2,2H3. The Morgan fingerprint density at radius 2 is 2.06 bits per heavy atom. The second-order valence-electron chi connectivity index (χ2n) is 3.93. The fourth-order valence-corrected chi connectivity index (χ4v) is 1.68. The second kappa shape index (κ2) is 4.78. The van der Waals surface area contributed by atoms with E-state index in [9.17, 15) is 4.79 Å². The molecule has 0 unspecified atom stereocenters. The number of aryl methyl sites for hydroxylation is 1. The van der Waals surface area contributed by atoms with Gasteiger partial charge in [0.25, 0.3) is 0 Å². The van der Waals surface area contributed by atoms with Gasteiger partial charge in [-0.1, -0.05) is 35.9 Å². The van der Waals surface area contributed by atoms with Crippen molar-refractivity contribution in [2.45, 2.75) is 13.5 Å². The van der Waals surface area contributed by atoms with Gasteiger partial charge in [0.2, 0.25) is 0 Å². The Morgan fingerprint density at radius 1 is 1.35 bits per heavy atom. The summed E-state index contributed by atoms with van der Waals surface area (Å²) >= 11 is 0.